The lowest BCUT2D eigenvalue weighted by Crippen LogP contribution is -2.42. The molecule has 2 rings (SSSR count). The summed E-state index contributed by atoms with van der Waals surface area (Å²) in [7, 11) is 3.51. The van der Waals surface area contributed by atoms with Crippen molar-refractivity contribution in [3.63, 3.8) is 0 Å². The summed E-state index contributed by atoms with van der Waals surface area (Å²) in [6.07, 6.45) is 6.73. The maximum atomic E-state index is 11.2. The van der Waals surface area contributed by atoms with Gasteiger partial charge in [0.15, 0.2) is 5.11 Å². The molecule has 24 heavy (non-hydrogen) atoms. The summed E-state index contributed by atoms with van der Waals surface area (Å²) >= 11 is 5.66. The highest BCUT2D eigenvalue weighted by molar-refractivity contribution is 7.80. The van der Waals surface area contributed by atoms with Gasteiger partial charge in [-0.25, -0.2) is 0 Å². The van der Waals surface area contributed by atoms with E-state index in [2.05, 4.69) is 51.8 Å². The number of carbonyl (C=O) groups excluding carboxylic acids is 1. The molecule has 0 aliphatic carbocycles. The Balaban J connectivity index is 1.99. The Hall–Kier alpha value is -1.56. The molecular formula is C18H29N3O2S. The van der Waals surface area contributed by atoms with Crippen LogP contribution in [-0.4, -0.2) is 40.7 Å². The average molecular weight is 352 g/mol. The van der Waals surface area contributed by atoms with Gasteiger partial charge in [-0.15, -0.1) is 0 Å². The number of rotatable bonds is 5. The average Bonchev–Trinajstić information content (AvgIpc) is 2.89. The van der Waals surface area contributed by atoms with E-state index in [9.17, 15) is 4.79 Å². The van der Waals surface area contributed by atoms with Crippen molar-refractivity contribution >= 4 is 23.3 Å². The van der Waals surface area contributed by atoms with Crippen LogP contribution in [0, 0.1) is 5.92 Å². The minimum absolute atomic E-state index is 0.173. The molecule has 1 saturated heterocycles. The van der Waals surface area contributed by atoms with E-state index < -0.39 is 0 Å². The maximum absolute atomic E-state index is 11.2. The number of hydrogen-bond acceptors (Lipinski definition) is 3. The van der Waals surface area contributed by atoms with Crippen LogP contribution in [0.25, 0.3) is 0 Å². The summed E-state index contributed by atoms with van der Waals surface area (Å²) in [5.41, 5.74) is 1.31. The number of thiocarbonyl (C=S) groups is 1. The second kappa shape index (κ2) is 9.06. The van der Waals surface area contributed by atoms with Gasteiger partial charge in [0.2, 0.25) is 0 Å². The molecule has 1 aromatic rings. The van der Waals surface area contributed by atoms with E-state index >= 15 is 0 Å². The number of aromatic nitrogens is 1. The highest BCUT2D eigenvalue weighted by Gasteiger charge is 2.28. The second-order valence-electron chi connectivity index (χ2n) is 6.64. The zero-order valence-electron chi connectivity index (χ0n) is 15.0. The van der Waals surface area contributed by atoms with Gasteiger partial charge in [-0.05, 0) is 56.0 Å². The van der Waals surface area contributed by atoms with Crippen molar-refractivity contribution < 1.29 is 9.53 Å². The number of nitrogens with one attached hydrogen (secondary N) is 1. The molecule has 2 heterocycles. The first kappa shape index (κ1) is 18.8. The van der Waals surface area contributed by atoms with Crippen LogP contribution < -0.4 is 5.32 Å². The van der Waals surface area contributed by atoms with E-state index in [1.165, 1.54) is 19.2 Å². The van der Waals surface area contributed by atoms with Crippen molar-refractivity contribution in [1.82, 2.24) is 14.8 Å². The number of aryl methyl sites for hydroxylation is 1. The normalized spacial score (nSPS) is 21.2. The fraction of sp³-hybridized carbons (Fsp3) is 0.667. The van der Waals surface area contributed by atoms with Gasteiger partial charge in [-0.3, -0.25) is 4.79 Å². The van der Waals surface area contributed by atoms with E-state index in [4.69, 9.17) is 12.2 Å². The van der Waals surface area contributed by atoms with Crippen molar-refractivity contribution in [1.29, 1.82) is 0 Å². The molecule has 1 aliphatic heterocycles. The van der Waals surface area contributed by atoms with Crippen LogP contribution in [0.3, 0.4) is 0 Å². The molecule has 1 aromatic heterocycles. The number of methoxy groups -OCH3 is 1. The molecule has 0 aromatic carbocycles. The minimum atomic E-state index is -0.173. The van der Waals surface area contributed by atoms with Crippen LogP contribution in [0.5, 0.6) is 0 Å². The van der Waals surface area contributed by atoms with E-state index in [0.29, 0.717) is 19.0 Å². The number of likely N-dealkylation sites (tertiary alicyclic amines) is 1. The molecule has 134 valence electrons. The fourth-order valence-electron chi connectivity index (χ4n) is 3.26. The lowest BCUT2D eigenvalue weighted by atomic mass is 10.0. The Bertz CT molecular complexity index is 558. The molecule has 1 fully saturated rings. The van der Waals surface area contributed by atoms with Gasteiger partial charge in [-0.2, -0.15) is 0 Å². The van der Waals surface area contributed by atoms with E-state index in [1.807, 2.05) is 0 Å². The number of nitrogens with zero attached hydrogens (tertiary/aromatic N) is 2. The number of ether oxygens (including phenoxy) is 1. The highest BCUT2D eigenvalue weighted by atomic mass is 32.1. The first-order valence-electron chi connectivity index (χ1n) is 8.75. The van der Waals surface area contributed by atoms with Gasteiger partial charge < -0.3 is 19.5 Å². The summed E-state index contributed by atoms with van der Waals surface area (Å²) in [6.45, 7) is 3.98. The molecule has 1 aliphatic rings. The summed E-state index contributed by atoms with van der Waals surface area (Å²) in [4.78, 5) is 13.5. The standard InChI is InChI=1S/C18H29N3O2S/c1-14-8-9-16(15-6-5-12-20(15)2)21(13-10-14)18(24)19-11-4-7-17(22)23-3/h5-6,12,14,16H,4,7-11,13H2,1-3H3,(H,19,24)/t14-,16-/m1/s1. The molecule has 0 radical (unpaired) electrons. The molecule has 0 bridgehead atoms. The first-order valence-corrected chi connectivity index (χ1v) is 9.16. The smallest absolute Gasteiger partial charge is 0.305 e. The van der Waals surface area contributed by atoms with Crippen molar-refractivity contribution in [3.8, 4) is 0 Å². The summed E-state index contributed by atoms with van der Waals surface area (Å²) < 4.78 is 6.86. The Morgan fingerprint density at radius 3 is 2.88 bits per heavy atom. The van der Waals surface area contributed by atoms with Crippen molar-refractivity contribution in [3.05, 3.63) is 24.0 Å². The van der Waals surface area contributed by atoms with Crippen molar-refractivity contribution in [2.75, 3.05) is 20.2 Å². The highest BCUT2D eigenvalue weighted by Crippen LogP contribution is 2.32. The van der Waals surface area contributed by atoms with Gasteiger partial charge in [0.1, 0.15) is 0 Å². The largest absolute Gasteiger partial charge is 0.469 e. The van der Waals surface area contributed by atoms with E-state index in [1.54, 1.807) is 0 Å². The fourth-order valence-corrected chi connectivity index (χ4v) is 3.58. The molecule has 5 nitrogen and oxygen atoms in total. The lowest BCUT2D eigenvalue weighted by Gasteiger charge is -2.33. The molecule has 0 unspecified atom stereocenters. The predicted octanol–water partition coefficient (Wildman–Crippen LogP) is 3.02. The van der Waals surface area contributed by atoms with Crippen molar-refractivity contribution in [2.24, 2.45) is 13.0 Å². The summed E-state index contributed by atoms with van der Waals surface area (Å²) in [5.74, 6) is 0.549. The maximum Gasteiger partial charge on any atom is 0.305 e. The van der Waals surface area contributed by atoms with Crippen molar-refractivity contribution in [2.45, 2.75) is 45.1 Å². The number of carbonyl (C=O) groups is 1. The topological polar surface area (TPSA) is 46.5 Å². The van der Waals surface area contributed by atoms with Crippen LogP contribution in [0.15, 0.2) is 18.3 Å². The van der Waals surface area contributed by atoms with Gasteiger partial charge in [-0.1, -0.05) is 6.92 Å². The minimum Gasteiger partial charge on any atom is -0.469 e. The van der Waals surface area contributed by atoms with Crippen LogP contribution in [0.4, 0.5) is 0 Å². The number of esters is 1. The number of hydrogen-bond donors (Lipinski definition) is 1. The second-order valence-corrected chi connectivity index (χ2v) is 7.02. The van der Waals surface area contributed by atoms with Crippen LogP contribution >= 0.6 is 12.2 Å². The van der Waals surface area contributed by atoms with Gasteiger partial charge in [0.25, 0.3) is 0 Å². The van der Waals surface area contributed by atoms with Gasteiger partial charge in [0.05, 0.1) is 13.2 Å². The van der Waals surface area contributed by atoms with E-state index in [-0.39, 0.29) is 5.97 Å². The molecule has 0 saturated carbocycles. The lowest BCUT2D eigenvalue weighted by molar-refractivity contribution is -0.140. The first-order chi connectivity index (χ1) is 11.5. The third kappa shape index (κ3) is 4.97. The quantitative estimate of drug-likeness (QED) is 0.502. The molecule has 1 N–H and O–H groups in total. The van der Waals surface area contributed by atoms with Gasteiger partial charge >= 0.3 is 5.97 Å². The third-order valence-electron chi connectivity index (χ3n) is 4.82. The zero-order valence-corrected chi connectivity index (χ0v) is 15.8. The molecule has 2 atom stereocenters. The van der Waals surface area contributed by atoms with Crippen LogP contribution in [-0.2, 0) is 16.6 Å². The third-order valence-corrected chi connectivity index (χ3v) is 5.20. The predicted molar refractivity (Wildman–Crippen MR) is 99.7 cm³/mol. The summed E-state index contributed by atoms with van der Waals surface area (Å²) in [6, 6.07) is 4.60. The Morgan fingerprint density at radius 2 is 2.21 bits per heavy atom. The van der Waals surface area contributed by atoms with Crippen LogP contribution in [0.2, 0.25) is 0 Å². The summed E-state index contributed by atoms with van der Waals surface area (Å²) in [5, 5.41) is 4.12. The SMILES string of the molecule is COC(=O)CCCNC(=S)N1CC[C@H](C)CC[C@@H]1c1cccn1C. The zero-order chi connectivity index (χ0) is 17.5. The molecule has 0 amide bonds. The molecular weight excluding hydrogens is 322 g/mol. The van der Waals surface area contributed by atoms with Gasteiger partial charge in [0, 0.05) is 38.4 Å². The Morgan fingerprint density at radius 1 is 1.42 bits per heavy atom. The molecule has 6 heteroatoms. The Labute approximate surface area is 150 Å². The Kier molecular flexibility index (Phi) is 7.09. The van der Waals surface area contributed by atoms with E-state index in [0.717, 1.165) is 36.8 Å². The molecule has 0 spiro atoms. The van der Waals surface area contributed by atoms with Crippen LogP contribution in [0.1, 0.15) is 50.8 Å². The monoisotopic (exact) mass is 351 g/mol.